The van der Waals surface area contributed by atoms with Gasteiger partial charge in [0, 0.05) is 236 Å². The molecule has 0 fully saturated rings. The minimum atomic E-state index is 0. The summed E-state index contributed by atoms with van der Waals surface area (Å²) in [5.74, 6) is 0. The molecule has 21 heavy (non-hydrogen) atoms. The first-order valence-corrected chi connectivity index (χ1v) is 0. The van der Waals surface area contributed by atoms with Crippen LogP contribution in [0.4, 0.5) is 0 Å². The minimum Gasteiger partial charge on any atom is -0.412 e. The van der Waals surface area contributed by atoms with Crippen LogP contribution >= 0.6 is 0 Å². The van der Waals surface area contributed by atoms with E-state index >= 15 is 0 Å². The number of hydrogen-bond donors (Lipinski definition) is 0. The van der Waals surface area contributed by atoms with Gasteiger partial charge in [0.05, 0.1) is 0 Å². The maximum Gasteiger partial charge on any atom is 0 e. The molecule has 0 aliphatic carbocycles. The van der Waals surface area contributed by atoms with E-state index < -0.39 is 0 Å². The Kier molecular flexibility index (Phi) is 6330. The van der Waals surface area contributed by atoms with Crippen LogP contribution in [0.2, 0.25) is 0 Å². The zero-order valence-corrected chi connectivity index (χ0v) is 32.6. The minimum absolute atomic E-state index is 0. The second-order valence-electron chi connectivity index (χ2n) is 0. The molecule has 132 valence electrons. The topological polar surface area (TPSA) is 378 Å². The van der Waals surface area contributed by atoms with Gasteiger partial charge in [0.2, 0.25) is 0 Å². The first-order valence-electron chi connectivity index (χ1n) is 0. The zero-order valence-electron chi connectivity index (χ0n) is 10.5. The molecular formula is H24O12Zr9. The number of hydrogen-bond acceptors (Lipinski definition) is 0. The van der Waals surface area contributed by atoms with Crippen molar-refractivity contribution in [1.29, 1.82) is 0 Å². The van der Waals surface area contributed by atoms with Crippen molar-refractivity contribution < 1.29 is 302 Å². The molecule has 12 nitrogen and oxygen atoms in total. The fourth-order valence-corrected chi connectivity index (χ4v) is 0. The van der Waals surface area contributed by atoms with Crippen molar-refractivity contribution in [3.8, 4) is 0 Å². The molecule has 0 unspecified atom stereocenters. The number of rotatable bonds is 0. The quantitative estimate of drug-likeness (QED) is 0.218. The zero-order chi connectivity index (χ0) is 0. The van der Waals surface area contributed by atoms with Gasteiger partial charge in [-0.2, -0.15) is 0 Å². The molecule has 0 aromatic heterocycles. The largest absolute Gasteiger partial charge is 0.412 e. The van der Waals surface area contributed by atoms with Crippen molar-refractivity contribution in [3.05, 3.63) is 0 Å². The Morgan fingerprint density at radius 2 is 0.0952 bits per heavy atom. The van der Waals surface area contributed by atoms with E-state index in [0.717, 1.165) is 0 Å². The molecule has 0 aromatic carbocycles. The van der Waals surface area contributed by atoms with E-state index in [2.05, 4.69) is 0 Å². The third kappa shape index (κ3) is 319. The molecule has 0 atom stereocenters. The van der Waals surface area contributed by atoms with Gasteiger partial charge in [0.25, 0.3) is 0 Å². The van der Waals surface area contributed by atoms with Gasteiger partial charge < -0.3 is 65.7 Å². The van der Waals surface area contributed by atoms with E-state index in [1.54, 1.807) is 0 Å². The van der Waals surface area contributed by atoms with E-state index in [4.69, 9.17) is 0 Å². The SMILES string of the molecule is O.O.O.O.O.O.O.O.O.O.O.O.[Zr].[Zr].[Zr].[Zr].[Zr].[Zr].[Zr].[Zr].[Zr]. The molecule has 0 aromatic rings. The second-order valence-corrected chi connectivity index (χ2v) is 0. The van der Waals surface area contributed by atoms with Crippen molar-refractivity contribution in [2.75, 3.05) is 0 Å². The maximum atomic E-state index is 0. The van der Waals surface area contributed by atoms with Crippen LogP contribution < -0.4 is 0 Å². The van der Waals surface area contributed by atoms with Crippen LogP contribution in [0.25, 0.3) is 0 Å². The van der Waals surface area contributed by atoms with Crippen LogP contribution in [-0.2, 0) is 236 Å². The van der Waals surface area contributed by atoms with Crippen molar-refractivity contribution in [2.24, 2.45) is 0 Å². The Morgan fingerprint density at radius 1 is 0.0952 bits per heavy atom. The molecule has 0 bridgehead atoms. The molecular weight excluding hydrogens is 1010 g/mol. The monoisotopic (exact) mass is 1030 g/mol. The van der Waals surface area contributed by atoms with E-state index in [1.807, 2.05) is 0 Å². The van der Waals surface area contributed by atoms with Crippen LogP contribution in [0.1, 0.15) is 0 Å². The molecule has 0 saturated heterocycles. The summed E-state index contributed by atoms with van der Waals surface area (Å²) in [5, 5.41) is 0. The summed E-state index contributed by atoms with van der Waals surface area (Å²) in [6.45, 7) is 0. The summed E-state index contributed by atoms with van der Waals surface area (Å²) in [7, 11) is 0. The average Bonchev–Trinajstić information content (AvgIpc) is 0. The van der Waals surface area contributed by atoms with Crippen molar-refractivity contribution in [2.45, 2.75) is 0 Å². The second kappa shape index (κ2) is 345. The molecule has 0 spiro atoms. The molecule has 0 saturated carbocycles. The molecule has 0 aliphatic heterocycles. The van der Waals surface area contributed by atoms with Gasteiger partial charge in [0.15, 0.2) is 0 Å². The van der Waals surface area contributed by atoms with Gasteiger partial charge in [-0.15, -0.1) is 0 Å². The fourth-order valence-electron chi connectivity index (χ4n) is 0. The van der Waals surface area contributed by atoms with Gasteiger partial charge in [-0.1, -0.05) is 0 Å². The molecule has 0 amide bonds. The van der Waals surface area contributed by atoms with Gasteiger partial charge in [0.1, 0.15) is 0 Å². The summed E-state index contributed by atoms with van der Waals surface area (Å²) < 4.78 is 0. The standard InChI is InChI=1S/12H2O.9Zr/h12*1H2;;;;;;;;;. The molecule has 0 heterocycles. The van der Waals surface area contributed by atoms with Gasteiger partial charge in [-0.05, 0) is 0 Å². The first-order chi connectivity index (χ1) is 0. The van der Waals surface area contributed by atoms with E-state index in [0.29, 0.717) is 0 Å². The van der Waals surface area contributed by atoms with Crippen LogP contribution in [0, 0.1) is 0 Å². The van der Waals surface area contributed by atoms with Crippen molar-refractivity contribution in [1.82, 2.24) is 0 Å². The predicted octanol–water partition coefficient (Wildman–Crippen LogP) is -9.92. The Labute approximate surface area is 294 Å². The summed E-state index contributed by atoms with van der Waals surface area (Å²) in [6, 6.07) is 0. The molecule has 0 rings (SSSR count). The predicted molar refractivity (Wildman–Crippen MR) is 43.4 cm³/mol. The summed E-state index contributed by atoms with van der Waals surface area (Å²) in [6.07, 6.45) is 0. The average molecular weight is 1040 g/mol. The van der Waals surface area contributed by atoms with Crippen molar-refractivity contribution >= 4 is 0 Å². The van der Waals surface area contributed by atoms with Gasteiger partial charge in [-0.25, -0.2) is 0 Å². The van der Waals surface area contributed by atoms with Crippen LogP contribution in [0.3, 0.4) is 0 Å². The molecule has 24 N–H and O–H groups in total. The molecule has 0 radical (unpaired) electrons. The summed E-state index contributed by atoms with van der Waals surface area (Å²) in [5.41, 5.74) is 0. The summed E-state index contributed by atoms with van der Waals surface area (Å²) in [4.78, 5) is 0. The van der Waals surface area contributed by atoms with E-state index in [9.17, 15) is 0 Å². The Morgan fingerprint density at radius 3 is 0.0952 bits per heavy atom. The molecule has 21 heteroatoms. The summed E-state index contributed by atoms with van der Waals surface area (Å²) >= 11 is 0. The smallest absolute Gasteiger partial charge is 0 e. The normalized spacial score (nSPS) is 0. The Hall–Kier alpha value is 7.47. The third-order valence-electron chi connectivity index (χ3n) is 0. The Balaban J connectivity index is 0. The third-order valence-corrected chi connectivity index (χ3v) is 0. The Bertz CT molecular complexity index is 20.7. The maximum absolute atomic E-state index is 0. The van der Waals surface area contributed by atoms with E-state index in [1.165, 1.54) is 0 Å². The van der Waals surface area contributed by atoms with Gasteiger partial charge in [-0.3, -0.25) is 0 Å². The molecule has 0 aliphatic rings. The fraction of sp³-hybridized carbons (Fsp3) is 0. The first kappa shape index (κ1) is 385. The van der Waals surface area contributed by atoms with Crippen LogP contribution in [0.15, 0.2) is 0 Å². The van der Waals surface area contributed by atoms with Crippen molar-refractivity contribution in [3.63, 3.8) is 0 Å². The van der Waals surface area contributed by atoms with Gasteiger partial charge >= 0.3 is 0 Å². The van der Waals surface area contributed by atoms with Crippen LogP contribution in [-0.4, -0.2) is 65.7 Å². The van der Waals surface area contributed by atoms with Crippen LogP contribution in [0.5, 0.6) is 0 Å². The van der Waals surface area contributed by atoms with E-state index in [-0.39, 0.29) is 302 Å².